The molecular formula is C16H27N5O3S. The number of aromatic nitrogens is 2. The molecule has 0 unspecified atom stereocenters. The van der Waals surface area contributed by atoms with Crippen molar-refractivity contribution in [3.05, 3.63) is 17.5 Å². The molecule has 0 aromatic carbocycles. The Labute approximate surface area is 149 Å². The van der Waals surface area contributed by atoms with Crippen LogP contribution in [0.1, 0.15) is 24.2 Å². The van der Waals surface area contributed by atoms with Crippen molar-refractivity contribution in [2.45, 2.75) is 32.3 Å². The SMILES string of the molecule is Cc1cc(C)nc(N2CC[C@@]3(O)CCN(S(=O)(=O)N(C)C)C[C@H]3C2)n1. The summed E-state index contributed by atoms with van der Waals surface area (Å²) >= 11 is 0. The zero-order chi connectivity index (χ0) is 18.4. The predicted molar refractivity (Wildman–Crippen MR) is 95.6 cm³/mol. The van der Waals surface area contributed by atoms with Gasteiger partial charge in [-0.25, -0.2) is 9.97 Å². The molecule has 1 aromatic heterocycles. The third-order valence-electron chi connectivity index (χ3n) is 5.27. The Bertz CT molecular complexity index is 734. The minimum atomic E-state index is -3.47. The first-order chi connectivity index (χ1) is 11.6. The van der Waals surface area contributed by atoms with Gasteiger partial charge in [0.1, 0.15) is 0 Å². The minimum absolute atomic E-state index is 0.158. The highest BCUT2D eigenvalue weighted by Gasteiger charge is 2.48. The van der Waals surface area contributed by atoms with E-state index in [0.717, 1.165) is 11.4 Å². The Balaban J connectivity index is 1.81. The maximum absolute atomic E-state index is 12.4. The van der Waals surface area contributed by atoms with E-state index < -0.39 is 15.8 Å². The third kappa shape index (κ3) is 3.51. The molecule has 1 aromatic rings. The van der Waals surface area contributed by atoms with Gasteiger partial charge in [0.15, 0.2) is 0 Å². The number of anilines is 1. The largest absolute Gasteiger partial charge is 0.389 e. The molecule has 0 spiro atoms. The van der Waals surface area contributed by atoms with Crippen LogP contribution in [0.4, 0.5) is 5.95 Å². The van der Waals surface area contributed by atoms with Gasteiger partial charge in [0, 0.05) is 57.6 Å². The maximum Gasteiger partial charge on any atom is 0.281 e. The van der Waals surface area contributed by atoms with Gasteiger partial charge in [0.2, 0.25) is 5.95 Å². The molecule has 1 N–H and O–H groups in total. The first kappa shape index (κ1) is 18.5. The van der Waals surface area contributed by atoms with Crippen LogP contribution >= 0.6 is 0 Å². The normalized spacial score (nSPS) is 28.2. The Morgan fingerprint density at radius 2 is 1.76 bits per heavy atom. The molecule has 2 aliphatic heterocycles. The van der Waals surface area contributed by atoms with Crippen LogP contribution < -0.4 is 4.90 Å². The molecule has 0 aliphatic carbocycles. The van der Waals surface area contributed by atoms with Crippen LogP contribution in [0, 0.1) is 19.8 Å². The molecule has 0 bridgehead atoms. The number of hydrogen-bond donors (Lipinski definition) is 1. The fourth-order valence-corrected chi connectivity index (χ4v) is 4.90. The van der Waals surface area contributed by atoms with Crippen molar-refractivity contribution in [3.63, 3.8) is 0 Å². The second-order valence-electron chi connectivity index (χ2n) is 7.35. The molecule has 2 aliphatic rings. The van der Waals surface area contributed by atoms with E-state index in [0.29, 0.717) is 45.0 Å². The molecule has 2 saturated heterocycles. The lowest BCUT2D eigenvalue weighted by atomic mass is 9.76. The first-order valence-electron chi connectivity index (χ1n) is 8.59. The zero-order valence-corrected chi connectivity index (χ0v) is 16.1. The molecule has 140 valence electrons. The molecule has 0 amide bonds. The summed E-state index contributed by atoms with van der Waals surface area (Å²) in [6, 6.07) is 1.93. The summed E-state index contributed by atoms with van der Waals surface area (Å²) in [6.45, 7) is 5.77. The van der Waals surface area contributed by atoms with E-state index in [1.54, 1.807) is 0 Å². The van der Waals surface area contributed by atoms with Crippen molar-refractivity contribution in [2.24, 2.45) is 5.92 Å². The van der Waals surface area contributed by atoms with Crippen LogP contribution in [0.5, 0.6) is 0 Å². The third-order valence-corrected chi connectivity index (χ3v) is 7.18. The summed E-state index contributed by atoms with van der Waals surface area (Å²) in [7, 11) is -0.398. The van der Waals surface area contributed by atoms with Crippen molar-refractivity contribution in [2.75, 3.05) is 45.2 Å². The lowest BCUT2D eigenvalue weighted by molar-refractivity contribution is -0.0696. The Morgan fingerprint density at radius 1 is 1.16 bits per heavy atom. The lowest BCUT2D eigenvalue weighted by Crippen LogP contribution is -2.61. The molecule has 2 fully saturated rings. The second kappa shape index (κ2) is 6.46. The Kier molecular flexibility index (Phi) is 4.78. The van der Waals surface area contributed by atoms with Crippen LogP contribution in [0.2, 0.25) is 0 Å². The lowest BCUT2D eigenvalue weighted by Gasteiger charge is -2.50. The van der Waals surface area contributed by atoms with Crippen molar-refractivity contribution in [1.82, 2.24) is 18.6 Å². The summed E-state index contributed by atoms with van der Waals surface area (Å²) < 4.78 is 27.6. The number of fused-ring (bicyclic) bond motifs is 1. The van der Waals surface area contributed by atoms with Gasteiger partial charge in [-0.15, -0.1) is 0 Å². The van der Waals surface area contributed by atoms with Gasteiger partial charge in [-0.2, -0.15) is 17.0 Å². The van der Waals surface area contributed by atoms with Crippen molar-refractivity contribution >= 4 is 16.2 Å². The molecule has 3 rings (SSSR count). The fourth-order valence-electron chi connectivity index (χ4n) is 3.74. The van der Waals surface area contributed by atoms with E-state index in [1.807, 2.05) is 19.9 Å². The average Bonchev–Trinajstić information content (AvgIpc) is 2.52. The van der Waals surface area contributed by atoms with Crippen molar-refractivity contribution < 1.29 is 13.5 Å². The molecule has 0 radical (unpaired) electrons. The number of piperidine rings is 2. The smallest absolute Gasteiger partial charge is 0.281 e. The summed E-state index contributed by atoms with van der Waals surface area (Å²) in [5.74, 6) is 0.501. The highest BCUT2D eigenvalue weighted by Crippen LogP contribution is 2.37. The van der Waals surface area contributed by atoms with Gasteiger partial charge in [-0.3, -0.25) is 0 Å². The van der Waals surface area contributed by atoms with Gasteiger partial charge < -0.3 is 10.0 Å². The molecule has 2 atom stereocenters. The van der Waals surface area contributed by atoms with Crippen LogP contribution in [0.25, 0.3) is 0 Å². The summed E-state index contributed by atoms with van der Waals surface area (Å²) in [5, 5.41) is 11.0. The van der Waals surface area contributed by atoms with E-state index in [-0.39, 0.29) is 5.92 Å². The van der Waals surface area contributed by atoms with Crippen LogP contribution in [0.15, 0.2) is 6.07 Å². The Morgan fingerprint density at radius 3 is 2.36 bits per heavy atom. The molecule has 3 heterocycles. The van der Waals surface area contributed by atoms with E-state index in [9.17, 15) is 13.5 Å². The summed E-state index contributed by atoms with van der Waals surface area (Å²) in [5.41, 5.74) is 1.00. The van der Waals surface area contributed by atoms with Crippen molar-refractivity contribution in [3.8, 4) is 0 Å². The van der Waals surface area contributed by atoms with Crippen molar-refractivity contribution in [1.29, 1.82) is 0 Å². The molecule has 0 saturated carbocycles. The van der Waals surface area contributed by atoms with Crippen LogP contribution in [-0.2, 0) is 10.2 Å². The molecule has 25 heavy (non-hydrogen) atoms. The van der Waals surface area contributed by atoms with Crippen LogP contribution in [0.3, 0.4) is 0 Å². The fraction of sp³-hybridized carbons (Fsp3) is 0.750. The zero-order valence-electron chi connectivity index (χ0n) is 15.3. The number of aliphatic hydroxyl groups is 1. The monoisotopic (exact) mass is 369 g/mol. The molecular weight excluding hydrogens is 342 g/mol. The van der Waals surface area contributed by atoms with Gasteiger partial charge in [0.05, 0.1) is 5.60 Å². The second-order valence-corrected chi connectivity index (χ2v) is 9.49. The Hall–Kier alpha value is -1.29. The number of rotatable bonds is 3. The van der Waals surface area contributed by atoms with E-state index >= 15 is 0 Å². The quantitative estimate of drug-likeness (QED) is 0.817. The highest BCUT2D eigenvalue weighted by atomic mass is 32.2. The molecule has 9 heteroatoms. The number of aryl methyl sites for hydroxylation is 2. The van der Waals surface area contributed by atoms with E-state index in [1.165, 1.54) is 22.7 Å². The number of nitrogens with zero attached hydrogens (tertiary/aromatic N) is 5. The average molecular weight is 369 g/mol. The van der Waals surface area contributed by atoms with Gasteiger partial charge in [0.25, 0.3) is 10.2 Å². The van der Waals surface area contributed by atoms with Gasteiger partial charge >= 0.3 is 0 Å². The summed E-state index contributed by atoms with van der Waals surface area (Å²) in [6.07, 6.45) is 1.07. The standard InChI is InChI=1S/C16H27N5O3S/c1-12-9-13(2)18-15(17-12)20-7-5-16(22)6-8-21(11-14(16)10-20)25(23,24)19(3)4/h9,14,22H,5-8,10-11H2,1-4H3/t14-,16-/m1/s1. The van der Waals surface area contributed by atoms with Gasteiger partial charge in [-0.05, 0) is 32.8 Å². The summed E-state index contributed by atoms with van der Waals surface area (Å²) in [4.78, 5) is 11.1. The first-order valence-corrected chi connectivity index (χ1v) is 9.99. The highest BCUT2D eigenvalue weighted by molar-refractivity contribution is 7.86. The number of hydrogen-bond acceptors (Lipinski definition) is 6. The van der Waals surface area contributed by atoms with Gasteiger partial charge in [-0.1, -0.05) is 0 Å². The van der Waals surface area contributed by atoms with Crippen LogP contribution in [-0.4, -0.2) is 78.0 Å². The molecule has 8 nitrogen and oxygen atoms in total. The topological polar surface area (TPSA) is 89.9 Å². The maximum atomic E-state index is 12.4. The van der Waals surface area contributed by atoms with E-state index in [2.05, 4.69) is 14.9 Å². The predicted octanol–water partition coefficient (Wildman–Crippen LogP) is 0.163. The van der Waals surface area contributed by atoms with E-state index in [4.69, 9.17) is 0 Å². The minimum Gasteiger partial charge on any atom is -0.389 e.